The Kier molecular flexibility index (Phi) is 2.26. The van der Waals surface area contributed by atoms with Crippen LogP contribution in [0.1, 0.15) is 28.9 Å². The number of carbonyl (C=O) groups is 1. The van der Waals surface area contributed by atoms with Crippen LogP contribution in [0.4, 0.5) is 0 Å². The Morgan fingerprint density at radius 1 is 1.27 bits per heavy atom. The zero-order valence-electron chi connectivity index (χ0n) is 8.87. The number of hydrogen-bond donors (Lipinski definition) is 0. The summed E-state index contributed by atoms with van der Waals surface area (Å²) in [6.07, 6.45) is -0.239. The van der Waals surface area contributed by atoms with Crippen LogP contribution >= 0.6 is 0 Å². The smallest absolute Gasteiger partial charge is 0.342 e. The lowest BCUT2D eigenvalue weighted by Gasteiger charge is -2.08. The zero-order chi connectivity index (χ0) is 11.0. The number of cyclic esters (lactones) is 1. The number of fused-ring (bicyclic) bond motifs is 1. The van der Waals surface area contributed by atoms with Gasteiger partial charge in [0.2, 0.25) is 0 Å². The maximum atomic E-state index is 11.5. The molecule has 0 saturated carbocycles. The standard InChI is InChI=1S/C11H12O4/c1-6-8-4-7(13-2)5-9(14-3)10(8)11(12)15-6/h4-6H,1-3H3. The van der Waals surface area contributed by atoms with Gasteiger partial charge in [-0.25, -0.2) is 4.79 Å². The predicted octanol–water partition coefficient (Wildman–Crippen LogP) is 1.94. The normalized spacial score (nSPS) is 18.3. The van der Waals surface area contributed by atoms with Gasteiger partial charge in [0.25, 0.3) is 0 Å². The summed E-state index contributed by atoms with van der Waals surface area (Å²) in [5.74, 6) is 0.825. The Morgan fingerprint density at radius 2 is 2.00 bits per heavy atom. The lowest BCUT2D eigenvalue weighted by atomic mass is 10.0. The molecule has 1 aromatic rings. The molecule has 0 aliphatic carbocycles. The minimum absolute atomic E-state index is 0.239. The topological polar surface area (TPSA) is 44.8 Å². The fraction of sp³-hybridized carbons (Fsp3) is 0.364. The summed E-state index contributed by atoms with van der Waals surface area (Å²) in [5, 5.41) is 0. The number of ether oxygens (including phenoxy) is 3. The van der Waals surface area contributed by atoms with E-state index in [2.05, 4.69) is 0 Å². The minimum Gasteiger partial charge on any atom is -0.497 e. The Morgan fingerprint density at radius 3 is 2.60 bits per heavy atom. The zero-order valence-corrected chi connectivity index (χ0v) is 8.87. The van der Waals surface area contributed by atoms with Crippen LogP contribution in [0.25, 0.3) is 0 Å². The largest absolute Gasteiger partial charge is 0.497 e. The van der Waals surface area contributed by atoms with Gasteiger partial charge in [0, 0.05) is 11.6 Å². The van der Waals surface area contributed by atoms with Gasteiger partial charge in [-0.2, -0.15) is 0 Å². The third kappa shape index (κ3) is 1.42. The number of hydrogen-bond acceptors (Lipinski definition) is 4. The molecule has 1 aliphatic heterocycles. The van der Waals surface area contributed by atoms with E-state index in [1.165, 1.54) is 7.11 Å². The van der Waals surface area contributed by atoms with Gasteiger partial charge >= 0.3 is 5.97 Å². The summed E-state index contributed by atoms with van der Waals surface area (Å²) in [6, 6.07) is 3.48. The summed E-state index contributed by atoms with van der Waals surface area (Å²) >= 11 is 0. The lowest BCUT2D eigenvalue weighted by molar-refractivity contribution is 0.0420. The quantitative estimate of drug-likeness (QED) is 0.696. The van der Waals surface area contributed by atoms with Crippen LogP contribution in [0.2, 0.25) is 0 Å². The van der Waals surface area contributed by atoms with Gasteiger partial charge in [-0.3, -0.25) is 0 Å². The summed E-state index contributed by atoms with van der Waals surface area (Å²) in [6.45, 7) is 1.82. The van der Waals surface area contributed by atoms with Crippen LogP contribution in [0.5, 0.6) is 11.5 Å². The van der Waals surface area contributed by atoms with E-state index in [0.717, 1.165) is 5.56 Å². The first-order chi connectivity index (χ1) is 7.17. The number of rotatable bonds is 2. The third-order valence-electron chi connectivity index (χ3n) is 2.49. The molecule has 0 N–H and O–H groups in total. The molecule has 1 atom stereocenters. The maximum Gasteiger partial charge on any atom is 0.342 e. The number of benzene rings is 1. The molecule has 1 aromatic carbocycles. The molecule has 0 aromatic heterocycles. The highest BCUT2D eigenvalue weighted by molar-refractivity contribution is 5.97. The second kappa shape index (κ2) is 3.46. The third-order valence-corrected chi connectivity index (χ3v) is 2.49. The van der Waals surface area contributed by atoms with Crippen molar-refractivity contribution >= 4 is 5.97 Å². The van der Waals surface area contributed by atoms with Crippen LogP contribution < -0.4 is 9.47 Å². The van der Waals surface area contributed by atoms with Crippen molar-refractivity contribution in [1.29, 1.82) is 0 Å². The van der Waals surface area contributed by atoms with Crippen molar-refractivity contribution in [2.24, 2.45) is 0 Å². The summed E-state index contributed by atoms with van der Waals surface area (Å²) in [5.41, 5.74) is 1.32. The van der Waals surface area contributed by atoms with Gasteiger partial charge in [-0.05, 0) is 13.0 Å². The first-order valence-electron chi connectivity index (χ1n) is 4.64. The van der Waals surface area contributed by atoms with Gasteiger partial charge in [-0.1, -0.05) is 0 Å². The SMILES string of the molecule is COc1cc(OC)c2c(c1)C(C)OC2=O. The average molecular weight is 208 g/mol. The fourth-order valence-corrected chi connectivity index (χ4v) is 1.71. The molecule has 0 spiro atoms. The minimum atomic E-state index is -0.336. The molecule has 4 heteroatoms. The molecule has 1 unspecified atom stereocenters. The van der Waals surface area contributed by atoms with Crippen LogP contribution in [-0.4, -0.2) is 20.2 Å². The van der Waals surface area contributed by atoms with E-state index < -0.39 is 0 Å². The van der Waals surface area contributed by atoms with E-state index in [0.29, 0.717) is 17.1 Å². The van der Waals surface area contributed by atoms with Crippen LogP contribution in [-0.2, 0) is 4.74 Å². The Balaban J connectivity index is 2.62. The average Bonchev–Trinajstić information content (AvgIpc) is 2.53. The summed E-state index contributed by atoms with van der Waals surface area (Å²) in [4.78, 5) is 11.5. The van der Waals surface area contributed by atoms with Crippen molar-refractivity contribution in [2.45, 2.75) is 13.0 Å². The van der Waals surface area contributed by atoms with Crippen molar-refractivity contribution in [1.82, 2.24) is 0 Å². The van der Waals surface area contributed by atoms with E-state index in [9.17, 15) is 4.79 Å². The van der Waals surface area contributed by atoms with Crippen molar-refractivity contribution in [2.75, 3.05) is 14.2 Å². The lowest BCUT2D eigenvalue weighted by Crippen LogP contribution is -1.99. The fourth-order valence-electron chi connectivity index (χ4n) is 1.71. The van der Waals surface area contributed by atoms with E-state index in [1.807, 2.05) is 6.92 Å². The van der Waals surface area contributed by atoms with Crippen molar-refractivity contribution in [3.05, 3.63) is 23.3 Å². The molecule has 0 radical (unpaired) electrons. The van der Waals surface area contributed by atoms with E-state index in [4.69, 9.17) is 14.2 Å². The molecule has 0 bridgehead atoms. The maximum absolute atomic E-state index is 11.5. The Bertz CT molecular complexity index is 411. The molecule has 1 aliphatic rings. The molecule has 0 fully saturated rings. The predicted molar refractivity (Wildman–Crippen MR) is 53.4 cm³/mol. The highest BCUT2D eigenvalue weighted by atomic mass is 16.6. The van der Waals surface area contributed by atoms with Gasteiger partial charge < -0.3 is 14.2 Å². The van der Waals surface area contributed by atoms with Crippen LogP contribution in [0, 0.1) is 0 Å². The monoisotopic (exact) mass is 208 g/mol. The van der Waals surface area contributed by atoms with Crippen LogP contribution in [0.3, 0.4) is 0 Å². The number of esters is 1. The molecule has 1 heterocycles. The Labute approximate surface area is 87.8 Å². The number of methoxy groups -OCH3 is 2. The Hall–Kier alpha value is -1.71. The van der Waals surface area contributed by atoms with Gasteiger partial charge in [-0.15, -0.1) is 0 Å². The van der Waals surface area contributed by atoms with Gasteiger partial charge in [0.05, 0.1) is 14.2 Å². The van der Waals surface area contributed by atoms with Crippen LogP contribution in [0.15, 0.2) is 12.1 Å². The van der Waals surface area contributed by atoms with E-state index in [1.54, 1.807) is 19.2 Å². The van der Waals surface area contributed by atoms with Gasteiger partial charge in [0.1, 0.15) is 23.2 Å². The van der Waals surface area contributed by atoms with Crippen molar-refractivity contribution < 1.29 is 19.0 Å². The molecule has 2 rings (SSSR count). The van der Waals surface area contributed by atoms with E-state index >= 15 is 0 Å². The molecule has 15 heavy (non-hydrogen) atoms. The van der Waals surface area contributed by atoms with Crippen molar-refractivity contribution in [3.63, 3.8) is 0 Å². The second-order valence-electron chi connectivity index (χ2n) is 3.34. The number of carbonyl (C=O) groups excluding carboxylic acids is 1. The van der Waals surface area contributed by atoms with Crippen molar-refractivity contribution in [3.8, 4) is 11.5 Å². The molecule has 4 nitrogen and oxygen atoms in total. The molecule has 0 saturated heterocycles. The molecule has 80 valence electrons. The molecular formula is C11H12O4. The first kappa shape index (κ1) is 9.83. The summed E-state index contributed by atoms with van der Waals surface area (Å²) < 4.78 is 15.4. The summed E-state index contributed by atoms with van der Waals surface area (Å²) in [7, 11) is 3.09. The highest BCUT2D eigenvalue weighted by Gasteiger charge is 2.32. The first-order valence-corrected chi connectivity index (χ1v) is 4.64. The molecule has 0 amide bonds. The molecular weight excluding hydrogens is 196 g/mol. The van der Waals surface area contributed by atoms with E-state index in [-0.39, 0.29) is 12.1 Å². The second-order valence-corrected chi connectivity index (χ2v) is 3.34. The highest BCUT2D eigenvalue weighted by Crippen LogP contribution is 2.39. The van der Waals surface area contributed by atoms with Gasteiger partial charge in [0.15, 0.2) is 0 Å².